The number of benzene rings is 1. The van der Waals surface area contributed by atoms with Crippen LogP contribution in [0.25, 0.3) is 16.6 Å². The topological polar surface area (TPSA) is 104 Å². The Morgan fingerprint density at radius 2 is 1.94 bits per heavy atom. The number of aromatic nitrogens is 5. The van der Waals surface area contributed by atoms with Crippen LogP contribution in [0.3, 0.4) is 0 Å². The van der Waals surface area contributed by atoms with Crippen LogP contribution < -0.4 is 9.46 Å². The molecule has 0 saturated carbocycles. The van der Waals surface area contributed by atoms with Crippen molar-refractivity contribution in [3.8, 4) is 11.4 Å². The molecule has 0 atom stereocenters. The molecule has 0 saturated heterocycles. The molecule has 0 aliphatic rings. The van der Waals surface area contributed by atoms with Crippen molar-refractivity contribution in [3.63, 3.8) is 0 Å². The standard InChI is InChI=1S/C18H15F3N6O3S/c1-26-9-11-3-4-14(30-2)17(16(11)24-26)25-31(28,29)13-8-23-27(10-13)12-5-6-22-15(7-12)18(19,20)21/h3-10,25H,1-2H3. The smallest absolute Gasteiger partial charge is 0.433 e. The van der Waals surface area contributed by atoms with Crippen LogP contribution in [0.1, 0.15) is 5.69 Å². The molecule has 4 rings (SSSR count). The second-order valence-corrected chi connectivity index (χ2v) is 8.19. The van der Waals surface area contributed by atoms with Crippen molar-refractivity contribution in [3.05, 3.63) is 54.7 Å². The number of nitrogens with zero attached hydrogens (tertiary/aromatic N) is 5. The fourth-order valence-corrected chi connectivity index (χ4v) is 3.96. The Bertz CT molecular complexity index is 1380. The Hall–Kier alpha value is -3.61. The zero-order valence-electron chi connectivity index (χ0n) is 16.1. The molecule has 9 nitrogen and oxygen atoms in total. The van der Waals surface area contributed by atoms with Crippen molar-refractivity contribution < 1.29 is 26.3 Å². The Balaban J connectivity index is 1.71. The van der Waals surface area contributed by atoms with Gasteiger partial charge in [-0.2, -0.15) is 23.4 Å². The maximum absolute atomic E-state index is 12.9. The van der Waals surface area contributed by atoms with E-state index in [0.29, 0.717) is 10.9 Å². The number of hydrogen-bond acceptors (Lipinski definition) is 6. The normalized spacial score (nSPS) is 12.3. The third kappa shape index (κ3) is 3.91. The van der Waals surface area contributed by atoms with E-state index in [1.165, 1.54) is 17.9 Å². The largest absolute Gasteiger partial charge is 0.494 e. The van der Waals surface area contributed by atoms with Crippen molar-refractivity contribution in [2.24, 2.45) is 7.05 Å². The first-order valence-electron chi connectivity index (χ1n) is 8.70. The lowest BCUT2D eigenvalue weighted by atomic mass is 10.2. The first-order chi connectivity index (χ1) is 14.6. The molecule has 162 valence electrons. The van der Waals surface area contributed by atoms with E-state index in [1.54, 1.807) is 25.4 Å². The highest BCUT2D eigenvalue weighted by Crippen LogP contribution is 2.34. The summed E-state index contributed by atoms with van der Waals surface area (Å²) in [5, 5.41) is 8.83. The summed E-state index contributed by atoms with van der Waals surface area (Å²) in [5.74, 6) is 0.256. The van der Waals surface area contributed by atoms with Crippen LogP contribution in [0, 0.1) is 0 Å². The average Bonchev–Trinajstić information content (AvgIpc) is 3.34. The third-order valence-corrected chi connectivity index (χ3v) is 5.68. The van der Waals surface area contributed by atoms with Gasteiger partial charge in [-0.15, -0.1) is 0 Å². The maximum Gasteiger partial charge on any atom is 0.433 e. The highest BCUT2D eigenvalue weighted by atomic mass is 32.2. The molecule has 13 heteroatoms. The van der Waals surface area contributed by atoms with Gasteiger partial charge in [-0.1, -0.05) is 0 Å². The van der Waals surface area contributed by atoms with Gasteiger partial charge in [0.2, 0.25) is 0 Å². The number of aryl methyl sites for hydroxylation is 1. The van der Waals surface area contributed by atoms with Crippen LogP contribution in [0.15, 0.2) is 53.9 Å². The molecule has 1 N–H and O–H groups in total. The zero-order valence-corrected chi connectivity index (χ0v) is 16.9. The average molecular weight is 452 g/mol. The van der Waals surface area contributed by atoms with E-state index in [0.717, 1.165) is 29.3 Å². The van der Waals surface area contributed by atoms with Crippen molar-refractivity contribution in [2.75, 3.05) is 11.8 Å². The molecule has 0 radical (unpaired) electrons. The lowest BCUT2D eigenvalue weighted by Crippen LogP contribution is -2.13. The van der Waals surface area contributed by atoms with Gasteiger partial charge in [0.1, 0.15) is 27.5 Å². The van der Waals surface area contributed by atoms with Gasteiger partial charge in [0, 0.05) is 24.8 Å². The summed E-state index contributed by atoms with van der Waals surface area (Å²) in [5.41, 5.74) is -0.596. The number of hydrogen-bond donors (Lipinski definition) is 1. The molecule has 0 spiro atoms. The second kappa shape index (κ2) is 7.27. The molecule has 31 heavy (non-hydrogen) atoms. The maximum atomic E-state index is 12.9. The minimum Gasteiger partial charge on any atom is -0.494 e. The highest BCUT2D eigenvalue weighted by molar-refractivity contribution is 7.92. The predicted molar refractivity (Wildman–Crippen MR) is 104 cm³/mol. The predicted octanol–water partition coefficient (Wildman–Crippen LogP) is 2.98. The monoisotopic (exact) mass is 452 g/mol. The Morgan fingerprint density at radius 1 is 1.16 bits per heavy atom. The molecule has 3 aromatic heterocycles. The van der Waals surface area contributed by atoms with Gasteiger partial charge in [-0.25, -0.2) is 13.1 Å². The van der Waals surface area contributed by atoms with Crippen LogP contribution in [0.4, 0.5) is 18.9 Å². The summed E-state index contributed by atoms with van der Waals surface area (Å²) in [6, 6.07) is 5.39. The number of alkyl halides is 3. The molecule has 4 aromatic rings. The van der Waals surface area contributed by atoms with Crippen molar-refractivity contribution >= 4 is 26.6 Å². The molecule has 0 amide bonds. The fraction of sp³-hybridized carbons (Fsp3) is 0.167. The molecular weight excluding hydrogens is 437 g/mol. The number of pyridine rings is 1. The molecule has 0 unspecified atom stereocenters. The van der Waals surface area contributed by atoms with E-state index in [1.807, 2.05) is 0 Å². The summed E-state index contributed by atoms with van der Waals surface area (Å²) in [4.78, 5) is 3.02. The first-order valence-corrected chi connectivity index (χ1v) is 10.2. The Kier molecular flexibility index (Phi) is 4.84. The number of anilines is 1. The van der Waals surface area contributed by atoms with Gasteiger partial charge >= 0.3 is 6.18 Å². The summed E-state index contributed by atoms with van der Waals surface area (Å²) in [6.07, 6.45) is 0.173. The van der Waals surface area contributed by atoms with Crippen LogP contribution in [0.2, 0.25) is 0 Å². The second-order valence-electron chi connectivity index (χ2n) is 6.51. The van der Waals surface area contributed by atoms with Gasteiger partial charge in [0.25, 0.3) is 10.0 Å². The van der Waals surface area contributed by atoms with Crippen molar-refractivity contribution in [1.29, 1.82) is 0 Å². The lowest BCUT2D eigenvalue weighted by Gasteiger charge is -2.11. The summed E-state index contributed by atoms with van der Waals surface area (Å²) >= 11 is 0. The quantitative estimate of drug-likeness (QED) is 0.499. The number of methoxy groups -OCH3 is 1. The van der Waals surface area contributed by atoms with E-state index in [2.05, 4.69) is 19.9 Å². The highest BCUT2D eigenvalue weighted by Gasteiger charge is 2.32. The van der Waals surface area contributed by atoms with Crippen LogP contribution in [0.5, 0.6) is 5.75 Å². The molecule has 0 bridgehead atoms. The molecule has 0 aliphatic heterocycles. The molecule has 3 heterocycles. The zero-order chi connectivity index (χ0) is 22.4. The van der Waals surface area contributed by atoms with Gasteiger partial charge < -0.3 is 4.74 Å². The lowest BCUT2D eigenvalue weighted by molar-refractivity contribution is -0.141. The number of halogens is 3. The number of rotatable bonds is 5. The number of fused-ring (bicyclic) bond motifs is 1. The van der Waals surface area contributed by atoms with E-state index < -0.39 is 21.9 Å². The molecule has 0 fully saturated rings. The molecule has 0 aliphatic carbocycles. The summed E-state index contributed by atoms with van der Waals surface area (Å²) in [6.45, 7) is 0. The van der Waals surface area contributed by atoms with Gasteiger partial charge in [0.15, 0.2) is 0 Å². The Morgan fingerprint density at radius 3 is 2.65 bits per heavy atom. The molecular formula is C18H15F3N6O3S. The molecule has 1 aromatic carbocycles. The number of sulfonamides is 1. The minimum atomic E-state index is -4.64. The van der Waals surface area contributed by atoms with Crippen LogP contribution in [-0.4, -0.2) is 40.1 Å². The number of nitrogens with one attached hydrogen (secondary N) is 1. The SMILES string of the molecule is COc1ccc2cn(C)nc2c1NS(=O)(=O)c1cnn(-c2ccnc(C(F)(F)F)c2)c1. The van der Waals surface area contributed by atoms with Gasteiger partial charge in [-0.05, 0) is 24.3 Å². The number of ether oxygens (including phenoxy) is 1. The first kappa shape index (κ1) is 20.7. The fourth-order valence-electron chi connectivity index (χ4n) is 2.95. The summed E-state index contributed by atoms with van der Waals surface area (Å²) < 4.78 is 74.8. The summed E-state index contributed by atoms with van der Waals surface area (Å²) in [7, 11) is -1.07. The van der Waals surface area contributed by atoms with Gasteiger partial charge in [-0.3, -0.25) is 14.4 Å². The van der Waals surface area contributed by atoms with Crippen molar-refractivity contribution in [1.82, 2.24) is 24.5 Å². The van der Waals surface area contributed by atoms with Crippen molar-refractivity contribution in [2.45, 2.75) is 11.1 Å². The minimum absolute atomic E-state index is 0.00758. The van der Waals surface area contributed by atoms with E-state index in [9.17, 15) is 21.6 Å². The van der Waals surface area contributed by atoms with E-state index in [4.69, 9.17) is 4.74 Å². The van der Waals surface area contributed by atoms with Gasteiger partial charge in [0.05, 0.1) is 25.2 Å². The van der Waals surface area contributed by atoms with Crippen LogP contribution >= 0.6 is 0 Å². The van der Waals surface area contributed by atoms with E-state index >= 15 is 0 Å². The Labute approximate surface area is 174 Å². The van der Waals surface area contributed by atoms with Crippen LogP contribution in [-0.2, 0) is 23.2 Å². The third-order valence-electron chi connectivity index (χ3n) is 4.38. The van der Waals surface area contributed by atoms with E-state index in [-0.39, 0.29) is 22.0 Å².